The third kappa shape index (κ3) is 3.15. The van der Waals surface area contributed by atoms with Crippen molar-refractivity contribution in [3.05, 3.63) is 34.3 Å². The molecule has 1 aliphatic heterocycles. The number of benzene rings is 1. The summed E-state index contributed by atoms with van der Waals surface area (Å²) in [7, 11) is 0. The van der Waals surface area contributed by atoms with E-state index in [1.165, 1.54) is 0 Å². The number of hydrogen-bond acceptors (Lipinski definition) is 3. The maximum Gasteiger partial charge on any atom is 0.411 e. The van der Waals surface area contributed by atoms with Crippen LogP contribution >= 0.6 is 15.9 Å². The molecule has 1 atom stereocenters. The third-order valence-electron chi connectivity index (χ3n) is 4.14. The summed E-state index contributed by atoms with van der Waals surface area (Å²) in [5.74, 6) is 0. The van der Waals surface area contributed by atoms with Gasteiger partial charge in [-0.3, -0.25) is 4.90 Å². The van der Waals surface area contributed by atoms with Gasteiger partial charge in [-0.1, -0.05) is 28.1 Å². The molecule has 0 bridgehead atoms. The summed E-state index contributed by atoms with van der Waals surface area (Å²) in [6.07, 6.45) is 1.74. The van der Waals surface area contributed by atoms with Crippen LogP contribution in [0.3, 0.4) is 0 Å². The Morgan fingerprint density at radius 1 is 1.32 bits per heavy atom. The van der Waals surface area contributed by atoms with E-state index in [9.17, 15) is 4.79 Å². The van der Waals surface area contributed by atoms with Crippen LogP contribution in [0.5, 0.6) is 0 Å². The second-order valence-corrected chi connectivity index (χ2v) is 8.07. The van der Waals surface area contributed by atoms with Gasteiger partial charge in [0.15, 0.2) is 0 Å². The number of carbonyl (C=O) groups is 1. The lowest BCUT2D eigenvalue weighted by Gasteiger charge is -2.43. The van der Waals surface area contributed by atoms with Crippen LogP contribution in [0, 0.1) is 0 Å². The lowest BCUT2D eigenvalue weighted by atomic mass is 10.0. The average molecular weight is 368 g/mol. The summed E-state index contributed by atoms with van der Waals surface area (Å²) in [6, 6.07) is 7.99. The molecule has 0 radical (unpaired) electrons. The Morgan fingerprint density at radius 3 is 2.50 bits per heavy atom. The molecule has 1 aliphatic carbocycles. The molecule has 1 saturated heterocycles. The summed E-state index contributed by atoms with van der Waals surface area (Å²) in [5.41, 5.74) is 0.425. The van der Waals surface area contributed by atoms with E-state index in [1.807, 2.05) is 49.9 Å². The number of halogens is 1. The molecule has 1 saturated carbocycles. The van der Waals surface area contributed by atoms with E-state index >= 15 is 0 Å². The van der Waals surface area contributed by atoms with E-state index in [2.05, 4.69) is 15.9 Å². The molecule has 0 N–H and O–H groups in total. The SMILES string of the molecule is CC(C)(C)OC(=O)N1C(c2ccc(Br)cc2)COCC12CC2. The Balaban J connectivity index is 1.89. The lowest BCUT2D eigenvalue weighted by Crippen LogP contribution is -2.53. The van der Waals surface area contributed by atoms with E-state index in [-0.39, 0.29) is 17.7 Å². The molecule has 1 spiro atoms. The molecule has 1 amide bonds. The molecule has 22 heavy (non-hydrogen) atoms. The lowest BCUT2D eigenvalue weighted by molar-refractivity contribution is -0.0711. The number of ether oxygens (including phenoxy) is 2. The number of rotatable bonds is 1. The predicted octanol–water partition coefficient (Wildman–Crippen LogP) is 4.29. The standard InChI is InChI=1S/C17H22BrNO3/c1-16(2,3)22-15(20)19-14(10-21-11-17(19)8-9-17)12-4-6-13(18)7-5-12/h4-7,14H,8-11H2,1-3H3. The number of carbonyl (C=O) groups excluding carboxylic acids is 1. The van der Waals surface area contributed by atoms with E-state index in [1.54, 1.807) is 0 Å². The van der Waals surface area contributed by atoms with E-state index in [4.69, 9.17) is 9.47 Å². The predicted molar refractivity (Wildman–Crippen MR) is 87.7 cm³/mol. The van der Waals surface area contributed by atoms with Gasteiger partial charge in [-0.15, -0.1) is 0 Å². The van der Waals surface area contributed by atoms with Crippen molar-refractivity contribution >= 4 is 22.0 Å². The largest absolute Gasteiger partial charge is 0.444 e. The number of amides is 1. The Morgan fingerprint density at radius 2 is 1.95 bits per heavy atom. The van der Waals surface area contributed by atoms with E-state index in [0.29, 0.717) is 13.2 Å². The van der Waals surface area contributed by atoms with Gasteiger partial charge >= 0.3 is 6.09 Å². The number of morpholine rings is 1. The first-order valence-electron chi connectivity index (χ1n) is 7.66. The molecule has 1 aromatic carbocycles. The first kappa shape index (κ1) is 15.8. The van der Waals surface area contributed by atoms with Crippen LogP contribution in [0.25, 0.3) is 0 Å². The van der Waals surface area contributed by atoms with Crippen molar-refractivity contribution in [1.82, 2.24) is 4.90 Å². The molecule has 1 aromatic rings. The van der Waals surface area contributed by atoms with Gasteiger partial charge in [0.25, 0.3) is 0 Å². The minimum absolute atomic E-state index is 0.0841. The van der Waals surface area contributed by atoms with Crippen LogP contribution in [-0.4, -0.2) is 35.3 Å². The van der Waals surface area contributed by atoms with Gasteiger partial charge in [0.1, 0.15) is 5.60 Å². The van der Waals surface area contributed by atoms with Crippen molar-refractivity contribution in [2.24, 2.45) is 0 Å². The second-order valence-electron chi connectivity index (χ2n) is 7.16. The summed E-state index contributed by atoms with van der Waals surface area (Å²) in [4.78, 5) is 14.7. The minimum atomic E-state index is -0.490. The third-order valence-corrected chi connectivity index (χ3v) is 4.67. The van der Waals surface area contributed by atoms with Crippen molar-refractivity contribution in [3.63, 3.8) is 0 Å². The first-order chi connectivity index (χ1) is 10.3. The molecule has 2 fully saturated rings. The molecule has 5 heteroatoms. The van der Waals surface area contributed by atoms with E-state index < -0.39 is 5.60 Å². The molecule has 4 nitrogen and oxygen atoms in total. The maximum atomic E-state index is 12.8. The van der Waals surface area contributed by atoms with Crippen LogP contribution in [0.2, 0.25) is 0 Å². The Bertz CT molecular complexity index is 560. The maximum absolute atomic E-state index is 12.8. The molecule has 2 aliphatic rings. The molecule has 1 unspecified atom stereocenters. The minimum Gasteiger partial charge on any atom is -0.444 e. The van der Waals surface area contributed by atoms with Crippen molar-refractivity contribution < 1.29 is 14.3 Å². The summed E-state index contributed by atoms with van der Waals surface area (Å²) in [6.45, 7) is 6.83. The van der Waals surface area contributed by atoms with Crippen LogP contribution in [-0.2, 0) is 9.47 Å². The van der Waals surface area contributed by atoms with Crippen molar-refractivity contribution in [2.45, 2.75) is 50.8 Å². The van der Waals surface area contributed by atoms with Crippen LogP contribution < -0.4 is 0 Å². The van der Waals surface area contributed by atoms with Crippen LogP contribution in [0.1, 0.15) is 45.2 Å². The molecule has 120 valence electrons. The average Bonchev–Trinajstić information content (AvgIpc) is 3.17. The number of hydrogen-bond donors (Lipinski definition) is 0. The highest BCUT2D eigenvalue weighted by Crippen LogP contribution is 2.49. The van der Waals surface area contributed by atoms with Gasteiger partial charge in [0.2, 0.25) is 0 Å². The zero-order valence-electron chi connectivity index (χ0n) is 13.3. The normalized spacial score (nSPS) is 23.5. The van der Waals surface area contributed by atoms with Gasteiger partial charge in [-0.05, 0) is 51.3 Å². The Hall–Kier alpha value is -1.07. The molecular formula is C17H22BrNO3. The number of nitrogens with zero attached hydrogens (tertiary/aromatic N) is 1. The summed E-state index contributed by atoms with van der Waals surface area (Å²) in [5, 5.41) is 0. The molecule has 0 aromatic heterocycles. The Kier molecular flexibility index (Phi) is 3.98. The fourth-order valence-electron chi connectivity index (χ4n) is 2.93. The smallest absolute Gasteiger partial charge is 0.411 e. The zero-order chi connectivity index (χ0) is 16.0. The van der Waals surface area contributed by atoms with Crippen molar-refractivity contribution in [1.29, 1.82) is 0 Å². The second kappa shape index (κ2) is 5.53. The monoisotopic (exact) mass is 367 g/mol. The van der Waals surface area contributed by atoms with Crippen LogP contribution in [0.4, 0.5) is 4.79 Å². The van der Waals surface area contributed by atoms with Gasteiger partial charge in [-0.25, -0.2) is 4.79 Å². The highest BCUT2D eigenvalue weighted by molar-refractivity contribution is 9.10. The van der Waals surface area contributed by atoms with E-state index in [0.717, 1.165) is 22.9 Å². The van der Waals surface area contributed by atoms with Gasteiger partial charge in [-0.2, -0.15) is 0 Å². The topological polar surface area (TPSA) is 38.8 Å². The zero-order valence-corrected chi connectivity index (χ0v) is 14.9. The molecule has 1 heterocycles. The fourth-order valence-corrected chi connectivity index (χ4v) is 3.19. The quantitative estimate of drug-likeness (QED) is 0.742. The summed E-state index contributed by atoms with van der Waals surface area (Å²) >= 11 is 3.45. The molecular weight excluding hydrogens is 346 g/mol. The fraction of sp³-hybridized carbons (Fsp3) is 0.588. The highest BCUT2D eigenvalue weighted by atomic mass is 79.9. The highest BCUT2D eigenvalue weighted by Gasteiger charge is 2.56. The van der Waals surface area contributed by atoms with Gasteiger partial charge in [0.05, 0.1) is 24.8 Å². The Labute approximate surface area is 139 Å². The van der Waals surface area contributed by atoms with Crippen LogP contribution in [0.15, 0.2) is 28.7 Å². The van der Waals surface area contributed by atoms with Gasteiger partial charge in [0, 0.05) is 4.47 Å². The van der Waals surface area contributed by atoms with Gasteiger partial charge < -0.3 is 9.47 Å². The van der Waals surface area contributed by atoms with Crippen molar-refractivity contribution in [3.8, 4) is 0 Å². The first-order valence-corrected chi connectivity index (χ1v) is 8.46. The molecule has 3 rings (SSSR count). The summed E-state index contributed by atoms with van der Waals surface area (Å²) < 4.78 is 12.5. The van der Waals surface area contributed by atoms with Crippen molar-refractivity contribution in [2.75, 3.05) is 13.2 Å².